The molecule has 3 N–H and O–H groups in total. The minimum absolute atomic E-state index is 0.119. The molecule has 2 saturated heterocycles. The first-order valence-electron chi connectivity index (χ1n) is 12.4. The van der Waals surface area contributed by atoms with E-state index in [4.69, 9.17) is 15.6 Å². The smallest absolute Gasteiger partial charge is 0.416 e. The number of aryl methyl sites for hydroxylation is 1. The van der Waals surface area contributed by atoms with Crippen molar-refractivity contribution in [1.29, 1.82) is 0 Å². The van der Waals surface area contributed by atoms with Crippen LogP contribution < -0.4 is 10.6 Å². The highest BCUT2D eigenvalue weighted by molar-refractivity contribution is 5.92. The minimum atomic E-state index is -4.48. The van der Waals surface area contributed by atoms with E-state index in [1.54, 1.807) is 36.5 Å². The van der Waals surface area contributed by atoms with E-state index in [-0.39, 0.29) is 17.7 Å². The molecule has 204 valence electrons. The van der Waals surface area contributed by atoms with Crippen molar-refractivity contribution in [2.75, 3.05) is 30.3 Å². The van der Waals surface area contributed by atoms with Crippen LogP contribution in [0.15, 0.2) is 54.7 Å². The van der Waals surface area contributed by atoms with Crippen LogP contribution in [-0.4, -0.2) is 52.3 Å². The number of halogens is 3. The van der Waals surface area contributed by atoms with Gasteiger partial charge in [0.1, 0.15) is 11.4 Å². The number of carbonyl (C=O) groups is 2. The maximum Gasteiger partial charge on any atom is 0.416 e. The molecular weight excluding hydrogens is 513 g/mol. The van der Waals surface area contributed by atoms with Crippen molar-refractivity contribution in [1.82, 2.24) is 9.88 Å². The Hall–Kier alpha value is -4.12. The van der Waals surface area contributed by atoms with Crippen molar-refractivity contribution in [3.05, 3.63) is 77.0 Å². The molecule has 0 radical (unpaired) electrons. The second-order valence-electron chi connectivity index (χ2n) is 10.1. The first-order chi connectivity index (χ1) is 18.4. The molecule has 8 nitrogen and oxygen atoms in total. The third-order valence-electron chi connectivity index (χ3n) is 7.41. The number of nitrogens with zero attached hydrogens (tertiary/aromatic N) is 3. The van der Waals surface area contributed by atoms with Gasteiger partial charge >= 0.3 is 18.2 Å². The number of carbonyl (C=O) groups excluding carboxylic acids is 1. The van der Waals surface area contributed by atoms with Crippen LogP contribution in [0.25, 0.3) is 11.1 Å². The summed E-state index contributed by atoms with van der Waals surface area (Å²) in [5.41, 5.74) is 6.98. The molecule has 2 aliphatic heterocycles. The highest BCUT2D eigenvalue weighted by Gasteiger charge is 2.47. The maximum atomic E-state index is 13.7. The zero-order chi connectivity index (χ0) is 27.9. The number of pyridine rings is 1. The number of aromatic nitrogens is 1. The number of benzene rings is 2. The number of amides is 1. The molecule has 2 fully saturated rings. The molecule has 2 aromatic carbocycles. The molecular formula is C28H27F3N4O4. The standard InChI is InChI=1S/C28H27F3N4O4/c1-17-12-22(19-4-7-24(32)33-14-19)20(13-23(17)28(29,30)31)15-34-10-8-27(9-11-34)16-35(26(38)39-27)21-5-2-18(3-6-21)25(36)37/h2-7,12-14H,8-11,15-16H2,1H3,(H2,32,33)(H,36,37). The van der Waals surface area contributed by atoms with Gasteiger partial charge in [-0.3, -0.25) is 9.80 Å². The molecule has 2 aliphatic rings. The minimum Gasteiger partial charge on any atom is -0.478 e. The van der Waals surface area contributed by atoms with Crippen LogP contribution in [0.1, 0.15) is 39.9 Å². The summed E-state index contributed by atoms with van der Waals surface area (Å²) in [7, 11) is 0. The molecule has 1 aromatic heterocycles. The predicted molar refractivity (Wildman–Crippen MR) is 138 cm³/mol. The van der Waals surface area contributed by atoms with E-state index in [9.17, 15) is 22.8 Å². The number of carboxylic acids is 1. The van der Waals surface area contributed by atoms with Gasteiger partial charge in [0, 0.05) is 49.9 Å². The lowest BCUT2D eigenvalue weighted by Crippen LogP contribution is -2.46. The molecule has 3 heterocycles. The van der Waals surface area contributed by atoms with E-state index in [0.717, 1.165) is 0 Å². The van der Waals surface area contributed by atoms with Crippen molar-refractivity contribution in [3.63, 3.8) is 0 Å². The van der Waals surface area contributed by atoms with Crippen molar-refractivity contribution in [2.24, 2.45) is 0 Å². The number of hydrogen-bond donors (Lipinski definition) is 2. The summed E-state index contributed by atoms with van der Waals surface area (Å²) < 4.78 is 47.0. The summed E-state index contributed by atoms with van der Waals surface area (Å²) in [6.45, 7) is 3.09. The summed E-state index contributed by atoms with van der Waals surface area (Å²) in [5.74, 6) is -0.732. The van der Waals surface area contributed by atoms with E-state index in [2.05, 4.69) is 9.88 Å². The maximum absolute atomic E-state index is 13.7. The van der Waals surface area contributed by atoms with Gasteiger partial charge in [-0.05, 0) is 66.1 Å². The SMILES string of the molecule is Cc1cc(-c2ccc(N)nc2)c(CN2CCC3(CC2)CN(c2ccc(C(=O)O)cc2)C(=O)O3)cc1C(F)(F)F. The van der Waals surface area contributed by atoms with Gasteiger partial charge in [-0.25, -0.2) is 14.6 Å². The zero-order valence-corrected chi connectivity index (χ0v) is 21.2. The number of piperidine rings is 1. The van der Waals surface area contributed by atoms with E-state index in [0.29, 0.717) is 60.7 Å². The molecule has 1 amide bonds. The highest BCUT2D eigenvalue weighted by atomic mass is 19.4. The van der Waals surface area contributed by atoms with E-state index >= 15 is 0 Å². The zero-order valence-electron chi connectivity index (χ0n) is 21.2. The van der Waals surface area contributed by atoms with Crippen LogP contribution in [0.2, 0.25) is 0 Å². The normalized spacial score (nSPS) is 17.4. The fourth-order valence-corrected chi connectivity index (χ4v) is 5.25. The Bertz CT molecular complexity index is 1400. The first-order valence-corrected chi connectivity index (χ1v) is 12.4. The predicted octanol–water partition coefficient (Wildman–Crippen LogP) is 5.35. The van der Waals surface area contributed by atoms with Gasteiger partial charge in [-0.15, -0.1) is 0 Å². The fourth-order valence-electron chi connectivity index (χ4n) is 5.25. The number of nitrogen functional groups attached to an aromatic ring is 1. The molecule has 39 heavy (non-hydrogen) atoms. The molecule has 5 rings (SSSR count). The Morgan fingerprint density at radius 2 is 1.82 bits per heavy atom. The monoisotopic (exact) mass is 540 g/mol. The number of likely N-dealkylation sites (tertiary alicyclic amines) is 1. The highest BCUT2D eigenvalue weighted by Crippen LogP contribution is 2.39. The molecule has 11 heteroatoms. The molecule has 1 spiro atoms. The molecule has 0 unspecified atom stereocenters. The van der Waals surface area contributed by atoms with Crippen LogP contribution in [0, 0.1) is 6.92 Å². The molecule has 0 atom stereocenters. The largest absolute Gasteiger partial charge is 0.478 e. The van der Waals surface area contributed by atoms with Crippen LogP contribution in [0.3, 0.4) is 0 Å². The number of alkyl halides is 3. The summed E-state index contributed by atoms with van der Waals surface area (Å²) in [4.78, 5) is 31.5. The Balaban J connectivity index is 1.33. The Morgan fingerprint density at radius 1 is 1.13 bits per heavy atom. The molecule has 0 bridgehead atoms. The topological polar surface area (TPSA) is 109 Å². The summed E-state index contributed by atoms with van der Waals surface area (Å²) >= 11 is 0. The van der Waals surface area contributed by atoms with Gasteiger partial charge in [0.15, 0.2) is 0 Å². The van der Waals surface area contributed by atoms with Gasteiger partial charge in [-0.1, -0.05) is 6.07 Å². The summed E-state index contributed by atoms with van der Waals surface area (Å²) in [6, 6.07) is 12.1. The fraction of sp³-hybridized carbons (Fsp3) is 0.321. The van der Waals surface area contributed by atoms with Gasteiger partial charge in [0.2, 0.25) is 0 Å². The Labute approximate surface area is 222 Å². The van der Waals surface area contributed by atoms with Crippen molar-refractivity contribution >= 4 is 23.6 Å². The molecule has 0 saturated carbocycles. The van der Waals surface area contributed by atoms with Crippen LogP contribution in [-0.2, 0) is 17.5 Å². The average Bonchev–Trinajstić information content (AvgIpc) is 3.21. The second kappa shape index (κ2) is 9.88. The van der Waals surface area contributed by atoms with Crippen molar-refractivity contribution < 1.29 is 32.6 Å². The van der Waals surface area contributed by atoms with Crippen LogP contribution in [0.4, 0.5) is 29.5 Å². The van der Waals surface area contributed by atoms with Crippen molar-refractivity contribution in [2.45, 2.75) is 38.1 Å². The van der Waals surface area contributed by atoms with Crippen LogP contribution >= 0.6 is 0 Å². The number of nitrogens with two attached hydrogens (primary N) is 1. The van der Waals surface area contributed by atoms with Gasteiger partial charge < -0.3 is 15.6 Å². The number of hydrogen-bond acceptors (Lipinski definition) is 6. The number of aromatic carboxylic acids is 1. The third-order valence-corrected chi connectivity index (χ3v) is 7.41. The van der Waals surface area contributed by atoms with E-state index in [1.807, 2.05) is 0 Å². The lowest BCUT2D eigenvalue weighted by atomic mass is 9.90. The second-order valence-corrected chi connectivity index (χ2v) is 10.1. The Morgan fingerprint density at radius 3 is 2.41 bits per heavy atom. The van der Waals surface area contributed by atoms with Crippen molar-refractivity contribution in [3.8, 4) is 11.1 Å². The molecule has 0 aliphatic carbocycles. The number of carboxylic acid groups (broad SMARTS) is 1. The van der Waals surface area contributed by atoms with Gasteiger partial charge in [0.25, 0.3) is 0 Å². The third kappa shape index (κ3) is 5.40. The van der Waals surface area contributed by atoms with E-state index < -0.39 is 29.4 Å². The number of ether oxygens (including phenoxy) is 1. The lowest BCUT2D eigenvalue weighted by molar-refractivity contribution is -0.138. The summed E-state index contributed by atoms with van der Waals surface area (Å²) in [6.07, 6.45) is -2.40. The quantitative estimate of drug-likeness (QED) is 0.449. The van der Waals surface area contributed by atoms with Gasteiger partial charge in [0.05, 0.1) is 17.7 Å². The number of rotatable bonds is 5. The lowest BCUT2D eigenvalue weighted by Gasteiger charge is -2.37. The van der Waals surface area contributed by atoms with Crippen LogP contribution in [0.5, 0.6) is 0 Å². The molecule has 3 aromatic rings. The summed E-state index contributed by atoms with van der Waals surface area (Å²) in [5, 5.41) is 9.11. The average molecular weight is 541 g/mol. The van der Waals surface area contributed by atoms with E-state index in [1.165, 1.54) is 30.0 Å². The van der Waals surface area contributed by atoms with Gasteiger partial charge in [-0.2, -0.15) is 13.2 Å². The Kier molecular flexibility index (Phi) is 6.71. The number of anilines is 2. The first kappa shape index (κ1) is 26.5.